The van der Waals surface area contributed by atoms with Crippen LogP contribution in [-0.2, 0) is 0 Å². The second kappa shape index (κ2) is 21.6. The van der Waals surface area contributed by atoms with E-state index in [1.54, 1.807) is 0 Å². The standard InChI is InChI=1S/C80H78B2N2O2/c1-51-23-27-59(28-24-51)63-37-45-73-69(49-63)81-67-47-61(55-19-11-5-12-20-55)35-43-71(67)83(65-39-31-57(32-40-65)53-15-7-3-8-16-53)77-75(81)79(85-73)78-76-80(77)86-74-46-38-64(60-29-25-52(2)26-30-60)50-70(74)82(76)68-48-62(56-21-13-6-14-22-56)36-44-72(68)84(78)66-41-33-58(34-42-66)54-17-9-4-10-18-54/h23-50,53-56H,3-22H2,1-2H3. The number of anilines is 6. The Labute approximate surface area is 511 Å². The van der Waals surface area contributed by atoms with Crippen LogP contribution in [0.2, 0.25) is 0 Å². The van der Waals surface area contributed by atoms with Crippen molar-refractivity contribution in [1.29, 1.82) is 0 Å². The maximum atomic E-state index is 8.02. The SMILES string of the molecule is Cc1ccc(-c2ccc3c(c2)B2c4cc(C5CCCCC5)ccc4N(c4ccc(C5CCCCC5)cc4)c4c5c6c(c(c42)O3)N(c2ccc(C3CCCCC3)cc2)c2ccc(C3CCCCC3)cc2B6c2cc(-c3ccc(C)cc3)ccc2O5)cc1. The lowest BCUT2D eigenvalue weighted by atomic mass is 9.31. The highest BCUT2D eigenvalue weighted by molar-refractivity contribution is 7.02. The fourth-order valence-corrected chi connectivity index (χ4v) is 17.5. The van der Waals surface area contributed by atoms with Gasteiger partial charge < -0.3 is 19.3 Å². The van der Waals surface area contributed by atoms with Crippen LogP contribution in [0.15, 0.2) is 170 Å². The van der Waals surface area contributed by atoms with E-state index >= 15 is 0 Å². The van der Waals surface area contributed by atoms with Crippen LogP contribution in [0, 0.1) is 13.8 Å². The van der Waals surface area contributed by atoms with E-state index in [-0.39, 0.29) is 13.4 Å². The molecule has 8 aliphatic rings. The highest BCUT2D eigenvalue weighted by Gasteiger charge is 2.53. The zero-order valence-corrected chi connectivity index (χ0v) is 50.5. The summed E-state index contributed by atoms with van der Waals surface area (Å²) in [4.78, 5) is 5.27. The van der Waals surface area contributed by atoms with Gasteiger partial charge >= 0.3 is 0 Å². The highest BCUT2D eigenvalue weighted by Crippen LogP contribution is 2.55. The third-order valence-corrected chi connectivity index (χ3v) is 22.1. The smallest absolute Gasteiger partial charge is 0.256 e. The number of aryl methyl sites for hydroxylation is 2. The van der Waals surface area contributed by atoms with Gasteiger partial charge in [0.15, 0.2) is 0 Å². The molecular weight excluding hydrogens is 1040 g/mol. The molecule has 0 atom stereocenters. The molecule has 4 heterocycles. The van der Waals surface area contributed by atoms with Gasteiger partial charge in [-0.25, -0.2) is 0 Å². The van der Waals surface area contributed by atoms with Crippen molar-refractivity contribution in [1.82, 2.24) is 0 Å². The van der Waals surface area contributed by atoms with Crippen LogP contribution < -0.4 is 52.1 Å². The summed E-state index contributed by atoms with van der Waals surface area (Å²) in [7, 11) is 0. The van der Waals surface area contributed by atoms with E-state index < -0.39 is 0 Å². The molecule has 9 aromatic carbocycles. The van der Waals surface area contributed by atoms with E-state index in [2.05, 4.69) is 194 Å². The predicted octanol–water partition coefficient (Wildman–Crippen LogP) is 18.6. The Morgan fingerprint density at radius 3 is 1.00 bits per heavy atom. The summed E-state index contributed by atoms with van der Waals surface area (Å²) in [5.41, 5.74) is 27.8. The van der Waals surface area contributed by atoms with Gasteiger partial charge in [-0.05, 0) is 204 Å². The predicted molar refractivity (Wildman–Crippen MR) is 362 cm³/mol. The maximum Gasteiger partial charge on any atom is 0.256 e. The molecule has 0 radical (unpaired) electrons. The molecular formula is C80H78B2N2O2. The van der Waals surface area contributed by atoms with Crippen molar-refractivity contribution >= 4 is 80.3 Å². The molecule has 4 saturated carbocycles. The highest BCUT2D eigenvalue weighted by atomic mass is 16.5. The summed E-state index contributed by atoms with van der Waals surface area (Å²) < 4.78 is 16.0. The largest absolute Gasteiger partial charge is 0.456 e. The molecule has 0 saturated heterocycles. The van der Waals surface area contributed by atoms with Crippen molar-refractivity contribution in [2.24, 2.45) is 0 Å². The Bertz CT molecular complexity index is 3800. The summed E-state index contributed by atoms with van der Waals surface area (Å²) in [5.74, 6) is 6.03. The van der Waals surface area contributed by atoms with Gasteiger partial charge in [0, 0.05) is 33.7 Å². The molecule has 0 amide bonds. The number of benzene rings is 9. The van der Waals surface area contributed by atoms with Crippen molar-refractivity contribution in [2.45, 2.75) is 166 Å². The van der Waals surface area contributed by atoms with E-state index in [0.717, 1.165) is 34.4 Å². The summed E-state index contributed by atoms with van der Waals surface area (Å²) in [6.45, 7) is 4.07. The molecule has 4 nitrogen and oxygen atoms in total. The molecule has 6 heteroatoms. The van der Waals surface area contributed by atoms with Crippen LogP contribution in [0.3, 0.4) is 0 Å². The Balaban J connectivity index is 0.971. The van der Waals surface area contributed by atoms with Crippen molar-refractivity contribution in [3.05, 3.63) is 203 Å². The average molecular weight is 1120 g/mol. The van der Waals surface area contributed by atoms with Gasteiger partial charge in [-0.2, -0.15) is 0 Å². The fourth-order valence-electron chi connectivity index (χ4n) is 17.5. The molecule has 0 bridgehead atoms. The van der Waals surface area contributed by atoms with Crippen LogP contribution >= 0.6 is 0 Å². The number of fused-ring (bicyclic) bond motifs is 10. The first-order valence-corrected chi connectivity index (χ1v) is 33.5. The van der Waals surface area contributed by atoms with Crippen LogP contribution in [0.25, 0.3) is 22.3 Å². The molecule has 4 fully saturated rings. The van der Waals surface area contributed by atoms with Gasteiger partial charge in [0.05, 0.1) is 11.4 Å². The Kier molecular flexibility index (Phi) is 13.2. The van der Waals surface area contributed by atoms with Gasteiger partial charge in [0.2, 0.25) is 0 Å². The molecule has 426 valence electrons. The summed E-state index contributed by atoms with van der Waals surface area (Å²) in [6, 6.07) is 67.3. The number of nitrogens with zero attached hydrogens (tertiary/aromatic N) is 2. The molecule has 0 N–H and O–H groups in total. The zero-order valence-electron chi connectivity index (χ0n) is 50.5. The van der Waals surface area contributed by atoms with Crippen LogP contribution in [-0.4, -0.2) is 13.4 Å². The minimum Gasteiger partial charge on any atom is -0.456 e. The Hall–Kier alpha value is -7.69. The van der Waals surface area contributed by atoms with Gasteiger partial charge in [0.1, 0.15) is 23.0 Å². The molecule has 0 aromatic heterocycles. The normalized spacial score (nSPS) is 18.3. The monoisotopic (exact) mass is 1120 g/mol. The Morgan fingerprint density at radius 2 is 0.640 bits per heavy atom. The molecule has 4 aliphatic heterocycles. The van der Waals surface area contributed by atoms with Gasteiger partial charge in [-0.1, -0.05) is 210 Å². The Morgan fingerprint density at radius 1 is 0.314 bits per heavy atom. The molecule has 9 aromatic rings. The van der Waals surface area contributed by atoms with Gasteiger partial charge in [0.25, 0.3) is 13.4 Å². The second-order valence-corrected chi connectivity index (χ2v) is 27.3. The maximum absolute atomic E-state index is 8.02. The number of ether oxygens (including phenoxy) is 2. The van der Waals surface area contributed by atoms with Crippen LogP contribution in [0.4, 0.5) is 34.1 Å². The van der Waals surface area contributed by atoms with E-state index in [1.165, 1.54) is 240 Å². The van der Waals surface area contributed by atoms with Crippen LogP contribution in [0.1, 0.15) is 185 Å². The average Bonchev–Trinajstić information content (AvgIpc) is 0.693. The molecule has 17 rings (SSSR count). The molecule has 0 unspecified atom stereocenters. The number of hydrogen-bond acceptors (Lipinski definition) is 4. The van der Waals surface area contributed by atoms with Gasteiger partial charge in [-0.15, -0.1) is 0 Å². The summed E-state index contributed by atoms with van der Waals surface area (Å²) in [5, 5.41) is 0. The lowest BCUT2D eigenvalue weighted by Crippen LogP contribution is -2.64. The van der Waals surface area contributed by atoms with Crippen molar-refractivity contribution in [3.63, 3.8) is 0 Å². The molecule has 86 heavy (non-hydrogen) atoms. The van der Waals surface area contributed by atoms with Crippen molar-refractivity contribution in [3.8, 4) is 45.3 Å². The van der Waals surface area contributed by atoms with Gasteiger partial charge in [-0.3, -0.25) is 0 Å². The first kappa shape index (κ1) is 52.6. The fraction of sp³-hybridized carbons (Fsp3) is 0.325. The topological polar surface area (TPSA) is 24.9 Å². The quantitative estimate of drug-likeness (QED) is 0.142. The minimum absolute atomic E-state index is 0.148. The molecule has 0 spiro atoms. The van der Waals surface area contributed by atoms with E-state index in [4.69, 9.17) is 9.47 Å². The third-order valence-electron chi connectivity index (χ3n) is 22.1. The first-order valence-electron chi connectivity index (χ1n) is 33.5. The second-order valence-electron chi connectivity index (χ2n) is 27.3. The zero-order chi connectivity index (χ0) is 57.0. The summed E-state index contributed by atoms with van der Waals surface area (Å²) >= 11 is 0. The van der Waals surface area contributed by atoms with E-state index in [9.17, 15) is 0 Å². The van der Waals surface area contributed by atoms with E-state index in [1.807, 2.05) is 0 Å². The minimum atomic E-state index is -0.148. The number of rotatable bonds is 8. The third kappa shape index (κ3) is 8.92. The lowest BCUT2D eigenvalue weighted by Gasteiger charge is -2.47. The van der Waals surface area contributed by atoms with Crippen molar-refractivity contribution in [2.75, 3.05) is 9.80 Å². The van der Waals surface area contributed by atoms with Crippen molar-refractivity contribution < 1.29 is 9.47 Å². The summed E-state index contributed by atoms with van der Waals surface area (Å²) in [6.07, 6.45) is 25.8. The van der Waals surface area contributed by atoms with Crippen LogP contribution in [0.5, 0.6) is 23.0 Å². The lowest BCUT2D eigenvalue weighted by molar-refractivity contribution is 0.443. The number of hydrogen-bond donors (Lipinski definition) is 0. The first-order chi connectivity index (χ1) is 42.5. The van der Waals surface area contributed by atoms with E-state index in [0.29, 0.717) is 23.7 Å². The molecule has 4 aliphatic carbocycles.